The molecule has 11 heteroatoms. The molecule has 2 aromatic carbocycles. The molecule has 1 aliphatic heterocycles. The lowest BCUT2D eigenvalue weighted by Crippen LogP contribution is -2.57. The van der Waals surface area contributed by atoms with E-state index in [0.29, 0.717) is 10.6 Å². The van der Waals surface area contributed by atoms with E-state index in [9.17, 15) is 22.8 Å². The monoisotopic (exact) mass is 529 g/mol. The average Bonchev–Trinajstić information content (AvgIpc) is 3.42. The number of nitrogens with one attached hydrogen (secondary N) is 1. The quantitative estimate of drug-likeness (QED) is 0.525. The number of rotatable bonds is 6. The van der Waals surface area contributed by atoms with Crippen LogP contribution in [-0.2, 0) is 14.6 Å². The minimum atomic E-state index is -4.33. The summed E-state index contributed by atoms with van der Waals surface area (Å²) in [6.45, 7) is 2.56. The Morgan fingerprint density at radius 3 is 2.22 bits per heavy atom. The first kappa shape index (κ1) is 25.5. The van der Waals surface area contributed by atoms with Gasteiger partial charge in [-0.25, -0.2) is 8.42 Å². The van der Waals surface area contributed by atoms with Crippen LogP contribution in [0.1, 0.15) is 26.5 Å². The van der Waals surface area contributed by atoms with Gasteiger partial charge in [-0.15, -0.1) is 0 Å². The highest BCUT2D eigenvalue weighted by Crippen LogP contribution is 2.21. The van der Waals surface area contributed by atoms with Gasteiger partial charge in [-0.2, -0.15) is 0 Å². The molecule has 3 amide bonds. The van der Waals surface area contributed by atoms with Crippen LogP contribution in [0, 0.1) is 6.92 Å². The SMILES string of the molecule is Cc1cccc(C(=O)N2CCN(C(=O)[C@H](NC(=O)c3ccco3)S(=O)(=O)c3ccc(Cl)cc3)CC2)c1. The summed E-state index contributed by atoms with van der Waals surface area (Å²) in [5, 5.41) is 0.742. The summed E-state index contributed by atoms with van der Waals surface area (Å²) in [6, 6.07) is 15.4. The Morgan fingerprint density at radius 2 is 1.61 bits per heavy atom. The number of hydrogen-bond acceptors (Lipinski definition) is 6. The fourth-order valence-corrected chi connectivity index (χ4v) is 5.48. The lowest BCUT2D eigenvalue weighted by Gasteiger charge is -2.36. The number of nitrogens with zero attached hydrogens (tertiary/aromatic N) is 2. The van der Waals surface area contributed by atoms with E-state index in [-0.39, 0.29) is 42.7 Å². The standard InChI is InChI=1S/C25H24ClN3O6S/c1-17-4-2-5-18(16-17)24(31)28-11-13-29(14-12-28)25(32)23(27-22(30)21-6-3-15-35-21)36(33,34)20-9-7-19(26)8-10-20/h2-10,15-16,23H,11-14H2,1H3,(H,27,30)/t23-/m1/s1. The summed E-state index contributed by atoms with van der Waals surface area (Å²) in [7, 11) is -4.33. The van der Waals surface area contributed by atoms with Gasteiger partial charge in [0.2, 0.25) is 15.2 Å². The number of sulfone groups is 1. The van der Waals surface area contributed by atoms with Gasteiger partial charge < -0.3 is 19.5 Å². The number of furan rings is 1. The lowest BCUT2D eigenvalue weighted by molar-refractivity contribution is -0.132. The summed E-state index contributed by atoms with van der Waals surface area (Å²) in [4.78, 5) is 41.7. The van der Waals surface area contributed by atoms with Gasteiger partial charge in [-0.3, -0.25) is 14.4 Å². The zero-order valence-electron chi connectivity index (χ0n) is 19.4. The molecule has 1 aliphatic rings. The molecule has 36 heavy (non-hydrogen) atoms. The van der Waals surface area contributed by atoms with Crippen molar-refractivity contribution in [3.05, 3.63) is 88.8 Å². The Balaban J connectivity index is 1.53. The maximum atomic E-state index is 13.5. The molecule has 0 aliphatic carbocycles. The van der Waals surface area contributed by atoms with Crippen LogP contribution >= 0.6 is 11.6 Å². The van der Waals surface area contributed by atoms with Crippen LogP contribution in [0.5, 0.6) is 0 Å². The lowest BCUT2D eigenvalue weighted by atomic mass is 10.1. The minimum absolute atomic E-state index is 0.111. The largest absolute Gasteiger partial charge is 0.459 e. The van der Waals surface area contributed by atoms with E-state index in [2.05, 4.69) is 5.32 Å². The van der Waals surface area contributed by atoms with E-state index in [1.54, 1.807) is 23.1 Å². The van der Waals surface area contributed by atoms with Gasteiger partial charge in [-0.05, 0) is 55.5 Å². The van der Waals surface area contributed by atoms with Crippen molar-refractivity contribution < 1.29 is 27.2 Å². The molecule has 1 N–H and O–H groups in total. The van der Waals surface area contributed by atoms with E-state index in [1.807, 2.05) is 13.0 Å². The zero-order chi connectivity index (χ0) is 25.9. The number of carbonyl (C=O) groups is 3. The normalized spacial score (nSPS) is 14.8. The Hall–Kier alpha value is -3.63. The zero-order valence-corrected chi connectivity index (χ0v) is 21.0. The van der Waals surface area contributed by atoms with Crippen molar-refractivity contribution in [2.45, 2.75) is 17.2 Å². The predicted molar refractivity (Wildman–Crippen MR) is 132 cm³/mol. The van der Waals surface area contributed by atoms with Crippen LogP contribution in [0.2, 0.25) is 5.02 Å². The van der Waals surface area contributed by atoms with Gasteiger partial charge in [0, 0.05) is 36.8 Å². The molecule has 0 radical (unpaired) electrons. The van der Waals surface area contributed by atoms with E-state index in [4.69, 9.17) is 16.0 Å². The Bertz CT molecular complexity index is 1370. The smallest absolute Gasteiger partial charge is 0.288 e. The molecule has 0 spiro atoms. The molecule has 9 nitrogen and oxygen atoms in total. The van der Waals surface area contributed by atoms with Crippen LogP contribution in [0.25, 0.3) is 0 Å². The summed E-state index contributed by atoms with van der Waals surface area (Å²) in [5.41, 5.74) is 1.50. The van der Waals surface area contributed by atoms with Crippen molar-refractivity contribution in [2.75, 3.05) is 26.2 Å². The number of carbonyl (C=O) groups excluding carboxylic acids is 3. The second-order valence-electron chi connectivity index (χ2n) is 8.32. The van der Waals surface area contributed by atoms with Crippen LogP contribution in [0.4, 0.5) is 0 Å². The molecule has 1 atom stereocenters. The summed E-state index contributed by atoms with van der Waals surface area (Å²) >= 11 is 5.89. The van der Waals surface area contributed by atoms with Gasteiger partial charge in [0.15, 0.2) is 5.76 Å². The number of halogens is 1. The molecular weight excluding hydrogens is 506 g/mol. The molecule has 4 rings (SSSR count). The van der Waals surface area contributed by atoms with Gasteiger partial charge >= 0.3 is 0 Å². The third-order valence-corrected chi connectivity index (χ3v) is 7.95. The van der Waals surface area contributed by atoms with Gasteiger partial charge in [0.1, 0.15) is 0 Å². The van der Waals surface area contributed by atoms with Crippen molar-refractivity contribution in [1.29, 1.82) is 0 Å². The third kappa shape index (κ3) is 5.44. The van der Waals surface area contributed by atoms with E-state index in [1.165, 1.54) is 47.6 Å². The van der Waals surface area contributed by atoms with Crippen LogP contribution in [-0.4, -0.2) is 67.5 Å². The number of aryl methyl sites for hydroxylation is 1. The van der Waals surface area contributed by atoms with E-state index in [0.717, 1.165) is 5.56 Å². The molecule has 0 saturated carbocycles. The van der Waals surface area contributed by atoms with Crippen molar-refractivity contribution in [1.82, 2.24) is 15.1 Å². The highest BCUT2D eigenvalue weighted by Gasteiger charge is 2.40. The van der Waals surface area contributed by atoms with E-state index >= 15 is 0 Å². The van der Waals surface area contributed by atoms with Crippen molar-refractivity contribution in [3.8, 4) is 0 Å². The number of piperazine rings is 1. The van der Waals surface area contributed by atoms with Gasteiger partial charge in [0.05, 0.1) is 11.2 Å². The first-order valence-electron chi connectivity index (χ1n) is 11.2. The fourth-order valence-electron chi connectivity index (χ4n) is 3.89. The Labute approximate surface area is 213 Å². The van der Waals surface area contributed by atoms with Gasteiger partial charge in [0.25, 0.3) is 17.7 Å². The Kier molecular flexibility index (Phi) is 7.46. The molecule has 1 saturated heterocycles. The molecule has 1 fully saturated rings. The van der Waals surface area contributed by atoms with E-state index < -0.39 is 27.0 Å². The van der Waals surface area contributed by atoms with Crippen LogP contribution < -0.4 is 5.32 Å². The molecule has 2 heterocycles. The molecular formula is C25H24ClN3O6S. The van der Waals surface area contributed by atoms with Crippen LogP contribution in [0.15, 0.2) is 76.2 Å². The van der Waals surface area contributed by atoms with Gasteiger partial charge in [-0.1, -0.05) is 29.3 Å². The molecule has 0 unspecified atom stereocenters. The number of hydrogen-bond donors (Lipinski definition) is 1. The molecule has 0 bridgehead atoms. The van der Waals surface area contributed by atoms with Crippen molar-refractivity contribution in [3.63, 3.8) is 0 Å². The summed E-state index contributed by atoms with van der Waals surface area (Å²) in [6.07, 6.45) is 1.27. The van der Waals surface area contributed by atoms with Crippen molar-refractivity contribution in [2.24, 2.45) is 0 Å². The summed E-state index contributed by atoms with van der Waals surface area (Å²) < 4.78 is 31.9. The first-order chi connectivity index (χ1) is 17.2. The third-order valence-electron chi connectivity index (χ3n) is 5.83. The molecule has 1 aromatic heterocycles. The summed E-state index contributed by atoms with van der Waals surface area (Å²) in [5.74, 6) is -1.94. The second-order valence-corrected chi connectivity index (χ2v) is 10.8. The van der Waals surface area contributed by atoms with Crippen LogP contribution in [0.3, 0.4) is 0 Å². The predicted octanol–water partition coefficient (Wildman–Crippen LogP) is 2.76. The topological polar surface area (TPSA) is 117 Å². The molecule has 188 valence electrons. The average molecular weight is 530 g/mol. The number of benzene rings is 2. The first-order valence-corrected chi connectivity index (χ1v) is 13.1. The minimum Gasteiger partial charge on any atom is -0.459 e. The van der Waals surface area contributed by atoms with Crippen molar-refractivity contribution >= 4 is 39.2 Å². The highest BCUT2D eigenvalue weighted by molar-refractivity contribution is 7.92. The maximum absolute atomic E-state index is 13.5. The number of amides is 3. The molecule has 3 aromatic rings. The highest BCUT2D eigenvalue weighted by atomic mass is 35.5. The fraction of sp³-hybridized carbons (Fsp3) is 0.240. The second kappa shape index (κ2) is 10.5. The Morgan fingerprint density at radius 1 is 0.944 bits per heavy atom. The maximum Gasteiger partial charge on any atom is 0.288 e.